The van der Waals surface area contributed by atoms with Gasteiger partial charge in [0.2, 0.25) is 5.82 Å². The minimum absolute atomic E-state index is 0.0431. The Hall–Kier alpha value is -3.28. The van der Waals surface area contributed by atoms with E-state index in [1.54, 1.807) is 0 Å². The first-order valence-corrected chi connectivity index (χ1v) is 6.06. The number of tetrazole rings is 1. The lowest BCUT2D eigenvalue weighted by Gasteiger charge is -2.10. The largest absolute Gasteiger partial charge is 0.494 e. The third-order valence-electron chi connectivity index (χ3n) is 2.75. The highest BCUT2D eigenvalue weighted by molar-refractivity contribution is 6.00. The molecule has 0 saturated heterocycles. The number of methoxy groups -OCH3 is 1. The lowest BCUT2D eigenvalue weighted by atomic mass is 10.1. The second-order valence-electron chi connectivity index (χ2n) is 4.14. The Labute approximate surface area is 124 Å². The molecule has 0 unspecified atom stereocenters. The predicted octanol–water partition coefficient (Wildman–Crippen LogP) is 1.53. The van der Waals surface area contributed by atoms with Crippen LogP contribution in [0.1, 0.15) is 23.1 Å². The number of H-pyrrole nitrogens is 1. The van der Waals surface area contributed by atoms with Crippen LogP contribution in [0.15, 0.2) is 18.3 Å². The second kappa shape index (κ2) is 6.45. The number of nitrogens with zero attached hydrogens (tertiary/aromatic N) is 4. The molecule has 0 aliphatic heterocycles. The molecule has 2 aromatic rings. The van der Waals surface area contributed by atoms with E-state index < -0.39 is 5.82 Å². The Morgan fingerprint density at radius 1 is 1.55 bits per heavy atom. The Bertz CT molecular complexity index is 764. The predicted molar refractivity (Wildman–Crippen MR) is 74.3 cm³/mol. The van der Waals surface area contributed by atoms with E-state index in [4.69, 9.17) is 10.00 Å². The minimum Gasteiger partial charge on any atom is -0.494 e. The van der Waals surface area contributed by atoms with Gasteiger partial charge in [-0.05, 0) is 18.2 Å². The van der Waals surface area contributed by atoms with Crippen molar-refractivity contribution in [2.75, 3.05) is 12.4 Å². The average molecular weight is 302 g/mol. The number of hydrogen-bond acceptors (Lipinski definition) is 7. The highest BCUT2D eigenvalue weighted by Crippen LogP contribution is 2.26. The van der Waals surface area contributed by atoms with E-state index in [0.29, 0.717) is 0 Å². The molecule has 1 aromatic carbocycles. The van der Waals surface area contributed by atoms with Gasteiger partial charge in [0.05, 0.1) is 12.8 Å². The first kappa shape index (κ1) is 15.1. The third-order valence-corrected chi connectivity index (χ3v) is 2.75. The molecule has 0 amide bonds. The zero-order chi connectivity index (χ0) is 16.1. The molecule has 0 radical (unpaired) electrons. The maximum atomic E-state index is 13.8. The number of ketones is 1. The van der Waals surface area contributed by atoms with Gasteiger partial charge in [-0.3, -0.25) is 4.79 Å². The highest BCUT2D eigenvalue weighted by Gasteiger charge is 2.14. The normalized spacial score (nSPS) is 10.9. The smallest absolute Gasteiger partial charge is 0.216 e. The van der Waals surface area contributed by atoms with E-state index in [1.165, 1.54) is 26.3 Å². The summed E-state index contributed by atoms with van der Waals surface area (Å²) < 4.78 is 18.6. The van der Waals surface area contributed by atoms with Crippen molar-refractivity contribution in [2.45, 2.75) is 6.92 Å². The van der Waals surface area contributed by atoms with Crippen molar-refractivity contribution in [3.8, 4) is 11.8 Å². The molecule has 0 aliphatic rings. The number of benzene rings is 1. The van der Waals surface area contributed by atoms with Crippen LogP contribution in [0.5, 0.6) is 5.75 Å². The molecule has 0 atom stereocenters. The number of allylic oxidation sites excluding steroid dienone is 1. The first-order chi connectivity index (χ1) is 10.6. The monoisotopic (exact) mass is 302 g/mol. The van der Waals surface area contributed by atoms with Crippen molar-refractivity contribution in [2.24, 2.45) is 0 Å². The van der Waals surface area contributed by atoms with Crippen LogP contribution >= 0.6 is 0 Å². The number of Topliss-reactive ketones (excluding diaryl/α,β-unsaturated/α-hetero) is 1. The highest BCUT2D eigenvalue weighted by atomic mass is 19.1. The number of hydrogen-bond donors (Lipinski definition) is 2. The summed E-state index contributed by atoms with van der Waals surface area (Å²) in [6.07, 6.45) is 1.26. The molecule has 2 N–H and O–H groups in total. The molecule has 2 rings (SSSR count). The van der Waals surface area contributed by atoms with Crippen molar-refractivity contribution >= 4 is 17.0 Å². The summed E-state index contributed by atoms with van der Waals surface area (Å²) in [5.41, 5.74) is 0.487. The molecule has 0 fully saturated rings. The first-order valence-electron chi connectivity index (χ1n) is 6.06. The fraction of sp³-hybridized carbons (Fsp3) is 0.154. The van der Waals surface area contributed by atoms with Crippen LogP contribution in [-0.4, -0.2) is 33.5 Å². The number of aromatic nitrogens is 4. The molecule has 22 heavy (non-hydrogen) atoms. The lowest BCUT2D eigenvalue weighted by molar-refractivity contribution is 0.101. The van der Waals surface area contributed by atoms with Gasteiger partial charge in [-0.1, -0.05) is 0 Å². The molecule has 0 aliphatic carbocycles. The van der Waals surface area contributed by atoms with Gasteiger partial charge in [-0.15, -0.1) is 10.2 Å². The maximum Gasteiger partial charge on any atom is 0.216 e. The molecule has 1 aromatic heterocycles. The number of aromatic amines is 1. The van der Waals surface area contributed by atoms with Gasteiger partial charge in [-0.25, -0.2) is 4.39 Å². The molecule has 112 valence electrons. The number of nitriles is 1. The van der Waals surface area contributed by atoms with Gasteiger partial charge >= 0.3 is 0 Å². The van der Waals surface area contributed by atoms with Crippen LogP contribution in [0, 0.1) is 17.1 Å². The van der Waals surface area contributed by atoms with Crippen LogP contribution in [-0.2, 0) is 0 Å². The number of ether oxygens (including phenoxy) is 1. The van der Waals surface area contributed by atoms with Crippen molar-refractivity contribution in [3.05, 3.63) is 35.5 Å². The number of nitrogens with one attached hydrogen (secondary N) is 2. The van der Waals surface area contributed by atoms with Crippen molar-refractivity contribution in [1.82, 2.24) is 20.6 Å². The Morgan fingerprint density at radius 2 is 2.32 bits per heavy atom. The third kappa shape index (κ3) is 3.06. The summed E-state index contributed by atoms with van der Waals surface area (Å²) in [5.74, 6) is -0.888. The summed E-state index contributed by atoms with van der Waals surface area (Å²) in [6.45, 7) is 1.34. The van der Waals surface area contributed by atoms with E-state index in [2.05, 4.69) is 25.9 Å². The van der Waals surface area contributed by atoms with Crippen LogP contribution in [0.2, 0.25) is 0 Å². The van der Waals surface area contributed by atoms with Crippen molar-refractivity contribution < 1.29 is 13.9 Å². The molecule has 9 heteroatoms. The van der Waals surface area contributed by atoms with Gasteiger partial charge in [0, 0.05) is 17.8 Å². The number of halogens is 1. The van der Waals surface area contributed by atoms with Crippen LogP contribution in [0.25, 0.3) is 5.57 Å². The molecule has 0 spiro atoms. The van der Waals surface area contributed by atoms with E-state index in [0.717, 1.165) is 6.07 Å². The fourth-order valence-corrected chi connectivity index (χ4v) is 1.69. The Morgan fingerprint density at radius 3 is 2.86 bits per heavy atom. The van der Waals surface area contributed by atoms with Gasteiger partial charge in [-0.2, -0.15) is 10.5 Å². The van der Waals surface area contributed by atoms with Gasteiger partial charge in [0.1, 0.15) is 11.6 Å². The molecule has 0 bridgehead atoms. The lowest BCUT2D eigenvalue weighted by Crippen LogP contribution is -2.03. The summed E-state index contributed by atoms with van der Waals surface area (Å²) >= 11 is 0. The van der Waals surface area contributed by atoms with E-state index >= 15 is 0 Å². The number of rotatable bonds is 5. The molecular formula is C13H11FN6O2. The second-order valence-corrected chi connectivity index (χ2v) is 4.14. The van der Waals surface area contributed by atoms with Crippen molar-refractivity contribution in [1.29, 1.82) is 5.26 Å². The molecule has 0 saturated carbocycles. The Kier molecular flexibility index (Phi) is 4.43. The van der Waals surface area contributed by atoms with Gasteiger partial charge in [0.15, 0.2) is 17.3 Å². The number of anilines is 1. The maximum absolute atomic E-state index is 13.8. The summed E-state index contributed by atoms with van der Waals surface area (Å²) in [5, 5.41) is 24.6. The minimum atomic E-state index is -0.638. The van der Waals surface area contributed by atoms with Gasteiger partial charge in [0.25, 0.3) is 0 Å². The van der Waals surface area contributed by atoms with E-state index in [-0.39, 0.29) is 34.2 Å². The SMILES string of the molecule is COc1cc(C(C)=O)c(NC=C(C#N)c2nn[nH]n2)cc1F. The van der Waals surface area contributed by atoms with Crippen LogP contribution in [0.4, 0.5) is 10.1 Å². The molecule has 1 heterocycles. The van der Waals surface area contributed by atoms with Gasteiger partial charge < -0.3 is 10.1 Å². The standard InChI is InChI=1S/C13H11FN6O2/c1-7(21)9-3-12(22-2)10(14)4-11(9)16-6-8(5-15)13-17-19-20-18-13/h3-4,6,16H,1-2H3,(H,17,18,19,20). The number of carbonyl (C=O) groups excluding carboxylic acids is 1. The molecular weight excluding hydrogens is 291 g/mol. The van der Waals surface area contributed by atoms with Crippen LogP contribution < -0.4 is 10.1 Å². The summed E-state index contributed by atoms with van der Waals surface area (Å²) in [7, 11) is 1.30. The topological polar surface area (TPSA) is 117 Å². The Balaban J connectivity index is 2.39. The fourth-order valence-electron chi connectivity index (χ4n) is 1.69. The average Bonchev–Trinajstić information content (AvgIpc) is 3.02. The van der Waals surface area contributed by atoms with Crippen molar-refractivity contribution in [3.63, 3.8) is 0 Å². The van der Waals surface area contributed by atoms with E-state index in [1.807, 2.05) is 6.07 Å². The number of carbonyl (C=O) groups is 1. The quantitative estimate of drug-likeness (QED) is 0.635. The van der Waals surface area contributed by atoms with Crippen LogP contribution in [0.3, 0.4) is 0 Å². The summed E-state index contributed by atoms with van der Waals surface area (Å²) in [6, 6.07) is 4.27. The summed E-state index contributed by atoms with van der Waals surface area (Å²) in [4.78, 5) is 11.6. The zero-order valence-corrected chi connectivity index (χ0v) is 11.7. The zero-order valence-electron chi connectivity index (χ0n) is 11.7. The van der Waals surface area contributed by atoms with E-state index in [9.17, 15) is 9.18 Å². The molecule has 8 nitrogen and oxygen atoms in total.